The molecule has 6 heteroatoms. The lowest BCUT2D eigenvalue weighted by atomic mass is 9.86. The van der Waals surface area contributed by atoms with E-state index in [9.17, 15) is 9.18 Å². The van der Waals surface area contributed by atoms with E-state index in [1.54, 1.807) is 12.2 Å². The van der Waals surface area contributed by atoms with Gasteiger partial charge in [-0.2, -0.15) is 0 Å². The summed E-state index contributed by atoms with van der Waals surface area (Å²) in [6.07, 6.45) is 14.1. The summed E-state index contributed by atoms with van der Waals surface area (Å²) in [5.74, 6) is -0.291. The van der Waals surface area contributed by atoms with Crippen molar-refractivity contribution in [1.29, 1.82) is 0 Å². The lowest BCUT2D eigenvalue weighted by Crippen LogP contribution is -2.51. The molecule has 0 bridgehead atoms. The molecule has 2 aliphatic heterocycles. The van der Waals surface area contributed by atoms with Gasteiger partial charge in [-0.1, -0.05) is 79.9 Å². The van der Waals surface area contributed by atoms with Crippen LogP contribution in [0.25, 0.3) is 5.70 Å². The number of allylic oxidation sites excluding steroid dienone is 9. The summed E-state index contributed by atoms with van der Waals surface area (Å²) in [6, 6.07) is 5.46. The Labute approximate surface area is 205 Å². The molecule has 1 aromatic rings. The van der Waals surface area contributed by atoms with Crippen LogP contribution < -0.4 is 10.6 Å². The van der Waals surface area contributed by atoms with E-state index in [1.807, 2.05) is 55.5 Å². The molecule has 0 saturated carbocycles. The number of fused-ring (bicyclic) bond motifs is 1. The summed E-state index contributed by atoms with van der Waals surface area (Å²) in [7, 11) is 0. The van der Waals surface area contributed by atoms with Crippen molar-refractivity contribution in [3.8, 4) is 0 Å². The zero-order chi connectivity index (χ0) is 24.9. The van der Waals surface area contributed by atoms with Crippen LogP contribution in [-0.4, -0.2) is 23.0 Å². The Hall–Kier alpha value is -3.57. The van der Waals surface area contributed by atoms with Gasteiger partial charge in [0, 0.05) is 28.5 Å². The highest BCUT2D eigenvalue weighted by molar-refractivity contribution is 6.30. The second kappa shape index (κ2) is 10.6. The average Bonchev–Trinajstić information content (AvgIpc) is 3.25. The first kappa shape index (κ1) is 25.1. The first-order chi connectivity index (χ1) is 16.2. The van der Waals surface area contributed by atoms with Crippen molar-refractivity contribution in [1.82, 2.24) is 15.5 Å². The van der Waals surface area contributed by atoms with Crippen molar-refractivity contribution in [3.05, 3.63) is 125 Å². The molecule has 0 aromatic heterocycles. The monoisotopic (exact) mass is 477 g/mol. The van der Waals surface area contributed by atoms with Gasteiger partial charge in [0.2, 0.25) is 0 Å². The predicted octanol–water partition coefficient (Wildman–Crippen LogP) is 6.74. The molecule has 2 amide bonds. The highest BCUT2D eigenvalue weighted by Crippen LogP contribution is 2.38. The lowest BCUT2D eigenvalue weighted by molar-refractivity contribution is 0.242. The van der Waals surface area contributed by atoms with Gasteiger partial charge in [-0.05, 0) is 48.8 Å². The van der Waals surface area contributed by atoms with Crippen LogP contribution in [0.2, 0.25) is 5.02 Å². The minimum absolute atomic E-state index is 0.291. The molecule has 1 fully saturated rings. The maximum Gasteiger partial charge on any atom is 0.320 e. The molecule has 2 aliphatic rings. The van der Waals surface area contributed by atoms with Crippen molar-refractivity contribution in [2.24, 2.45) is 0 Å². The second-order valence-electron chi connectivity index (χ2n) is 8.17. The van der Waals surface area contributed by atoms with Gasteiger partial charge in [-0.3, -0.25) is 0 Å². The Balaban J connectivity index is 1.98. The molecular weight excluding hydrogens is 449 g/mol. The molecule has 1 atom stereocenters. The lowest BCUT2D eigenvalue weighted by Gasteiger charge is -2.36. The molecule has 1 saturated heterocycles. The SMILES string of the molecule is C=CC(/C=C/C=C(\C=C/C)[C@]1(CN2Cc3ccc(Cl)cc3C2=C)NC(=O)NC1=C)=C\C=C(/C)F. The summed E-state index contributed by atoms with van der Waals surface area (Å²) in [6.45, 7) is 16.6. The fourth-order valence-electron chi connectivity index (χ4n) is 4.07. The van der Waals surface area contributed by atoms with Crippen LogP contribution in [0.15, 0.2) is 109 Å². The van der Waals surface area contributed by atoms with Gasteiger partial charge in [0.05, 0.1) is 12.4 Å². The number of hydrogen-bond acceptors (Lipinski definition) is 2. The Morgan fingerprint density at radius 1 is 1.26 bits per heavy atom. The van der Waals surface area contributed by atoms with Gasteiger partial charge in [0.15, 0.2) is 0 Å². The van der Waals surface area contributed by atoms with Crippen LogP contribution in [0, 0.1) is 0 Å². The minimum Gasteiger partial charge on any atom is -0.364 e. The zero-order valence-electron chi connectivity index (χ0n) is 19.5. The number of nitrogens with zero attached hydrogens (tertiary/aromatic N) is 1. The quantitative estimate of drug-likeness (QED) is 0.407. The molecule has 176 valence electrons. The van der Waals surface area contributed by atoms with Crippen molar-refractivity contribution in [2.45, 2.75) is 25.9 Å². The first-order valence-electron chi connectivity index (χ1n) is 10.9. The summed E-state index contributed by atoms with van der Waals surface area (Å²) in [5, 5.41) is 6.54. The summed E-state index contributed by atoms with van der Waals surface area (Å²) in [5.41, 5.74) is 4.20. The van der Waals surface area contributed by atoms with E-state index in [-0.39, 0.29) is 11.9 Å². The van der Waals surface area contributed by atoms with Crippen LogP contribution in [-0.2, 0) is 6.54 Å². The topological polar surface area (TPSA) is 44.4 Å². The Kier molecular flexibility index (Phi) is 7.79. The Bertz CT molecular complexity index is 1180. The minimum atomic E-state index is -0.893. The van der Waals surface area contributed by atoms with Gasteiger partial charge in [-0.15, -0.1) is 0 Å². The number of nitrogens with one attached hydrogen (secondary N) is 2. The highest BCUT2D eigenvalue weighted by Gasteiger charge is 2.46. The van der Waals surface area contributed by atoms with Crippen LogP contribution in [0.4, 0.5) is 9.18 Å². The maximum atomic E-state index is 13.1. The van der Waals surface area contributed by atoms with Crippen LogP contribution >= 0.6 is 11.6 Å². The predicted molar refractivity (Wildman–Crippen MR) is 140 cm³/mol. The normalized spacial score (nSPS) is 21.5. The van der Waals surface area contributed by atoms with E-state index in [0.717, 1.165) is 28.0 Å². The third-order valence-corrected chi connectivity index (χ3v) is 6.04. The number of benzene rings is 1. The number of urea groups is 1. The molecule has 1 aromatic carbocycles. The molecule has 4 nitrogen and oxygen atoms in total. The summed E-state index contributed by atoms with van der Waals surface area (Å²) < 4.78 is 13.1. The molecule has 0 unspecified atom stereocenters. The van der Waals surface area contributed by atoms with Crippen molar-refractivity contribution >= 4 is 23.3 Å². The average molecular weight is 478 g/mol. The molecule has 34 heavy (non-hydrogen) atoms. The fourth-order valence-corrected chi connectivity index (χ4v) is 4.24. The van der Waals surface area contributed by atoms with Crippen molar-refractivity contribution < 1.29 is 9.18 Å². The third-order valence-electron chi connectivity index (χ3n) is 5.80. The fraction of sp³-hybridized carbons (Fsp3) is 0.179. The van der Waals surface area contributed by atoms with Gasteiger partial charge >= 0.3 is 6.03 Å². The van der Waals surface area contributed by atoms with E-state index in [1.165, 1.54) is 13.0 Å². The number of carbonyl (C=O) groups excluding carboxylic acids is 1. The van der Waals surface area contributed by atoms with Crippen molar-refractivity contribution in [3.63, 3.8) is 0 Å². The van der Waals surface area contributed by atoms with Gasteiger partial charge in [-0.25, -0.2) is 9.18 Å². The van der Waals surface area contributed by atoms with Crippen LogP contribution in [0.5, 0.6) is 0 Å². The maximum absolute atomic E-state index is 13.1. The summed E-state index contributed by atoms with van der Waals surface area (Å²) >= 11 is 6.20. The Morgan fingerprint density at radius 2 is 2.03 bits per heavy atom. The standard InChI is InChI=1S/C28H29ClFN3O/c1-6-9-24(11-8-10-22(7-2)13-12-19(3)30)28(21(5)31-27(34)32-28)18-33-17-23-14-15-25(29)16-26(23)20(33)4/h6-16H,2,4-5,17-18H2,1,3H3,(H2,31,32,34)/b9-6-,10-8+,19-12+,22-13+,24-11+/t28-/m1/s1. The van der Waals surface area contributed by atoms with Crippen molar-refractivity contribution in [2.75, 3.05) is 6.54 Å². The van der Waals surface area contributed by atoms with E-state index < -0.39 is 5.54 Å². The molecule has 3 rings (SSSR count). The highest BCUT2D eigenvalue weighted by atomic mass is 35.5. The smallest absolute Gasteiger partial charge is 0.320 e. The molecular formula is C28H29ClFN3O. The molecule has 2 heterocycles. The van der Waals surface area contributed by atoms with E-state index in [0.29, 0.717) is 23.8 Å². The number of halogens is 2. The Morgan fingerprint density at radius 3 is 2.65 bits per heavy atom. The summed E-state index contributed by atoms with van der Waals surface area (Å²) in [4.78, 5) is 14.5. The van der Waals surface area contributed by atoms with E-state index in [4.69, 9.17) is 11.6 Å². The number of rotatable bonds is 8. The molecule has 2 N–H and O–H groups in total. The van der Waals surface area contributed by atoms with Crippen LogP contribution in [0.1, 0.15) is 25.0 Å². The number of carbonyl (C=O) groups is 1. The largest absolute Gasteiger partial charge is 0.364 e. The van der Waals surface area contributed by atoms with Gasteiger partial charge < -0.3 is 15.5 Å². The van der Waals surface area contributed by atoms with Crippen LogP contribution in [0.3, 0.4) is 0 Å². The first-order valence-corrected chi connectivity index (χ1v) is 11.3. The van der Waals surface area contributed by atoms with E-state index >= 15 is 0 Å². The van der Waals surface area contributed by atoms with Gasteiger partial charge in [0.1, 0.15) is 5.54 Å². The number of hydrogen-bond donors (Lipinski definition) is 2. The third kappa shape index (κ3) is 5.32. The zero-order valence-corrected chi connectivity index (χ0v) is 20.3. The molecule has 0 spiro atoms. The molecule has 0 radical (unpaired) electrons. The van der Waals surface area contributed by atoms with E-state index in [2.05, 4.69) is 35.3 Å². The molecule has 0 aliphatic carbocycles. The van der Waals surface area contributed by atoms with Gasteiger partial charge in [0.25, 0.3) is 0 Å². The second-order valence-corrected chi connectivity index (χ2v) is 8.61. The number of amides is 2.